The lowest BCUT2D eigenvalue weighted by Gasteiger charge is -2.31. The molecule has 0 saturated heterocycles. The summed E-state index contributed by atoms with van der Waals surface area (Å²) < 4.78 is 0. The van der Waals surface area contributed by atoms with E-state index >= 15 is 0 Å². The molecule has 74 valence electrons. The van der Waals surface area contributed by atoms with Crippen molar-refractivity contribution in [3.05, 3.63) is 0 Å². The van der Waals surface area contributed by atoms with Gasteiger partial charge in [-0.3, -0.25) is 4.79 Å². The van der Waals surface area contributed by atoms with Gasteiger partial charge < -0.3 is 10.8 Å². The summed E-state index contributed by atoms with van der Waals surface area (Å²) in [5.74, 6) is -0.601. The Morgan fingerprint density at radius 2 is 2.15 bits per heavy atom. The minimum Gasteiger partial charge on any atom is -0.480 e. The first kappa shape index (κ1) is 9.00. The summed E-state index contributed by atoms with van der Waals surface area (Å²) in [5.41, 5.74) is 6.16. The lowest BCUT2D eigenvalue weighted by molar-refractivity contribution is -0.140. The third-order valence-electron chi connectivity index (χ3n) is 3.73. The Bertz CT molecular complexity index is 223. The molecule has 2 rings (SSSR count). The molecule has 0 radical (unpaired) electrons. The molecule has 2 aliphatic rings. The maximum absolute atomic E-state index is 10.7. The first-order chi connectivity index (χ1) is 6.13. The van der Waals surface area contributed by atoms with Crippen molar-refractivity contribution >= 4 is 5.97 Å². The predicted octanol–water partition coefficient (Wildman–Crippen LogP) is 1.37. The van der Waals surface area contributed by atoms with E-state index in [1.54, 1.807) is 0 Å². The van der Waals surface area contributed by atoms with Gasteiger partial charge in [0.25, 0.3) is 0 Å². The maximum Gasteiger partial charge on any atom is 0.320 e. The fourth-order valence-corrected chi connectivity index (χ4v) is 2.64. The van der Waals surface area contributed by atoms with E-state index in [0.717, 1.165) is 12.8 Å². The standard InChI is InChI=1S/C10H17NO2/c11-8(9(12)13)7-2-1-3-10(6-7)4-5-10/h7-8H,1-6,11H2,(H,12,13)/t7-,8-/m0/s1. The molecule has 2 saturated carbocycles. The van der Waals surface area contributed by atoms with Crippen molar-refractivity contribution in [2.75, 3.05) is 0 Å². The number of hydrogen-bond acceptors (Lipinski definition) is 2. The van der Waals surface area contributed by atoms with E-state index in [1.807, 2.05) is 0 Å². The quantitative estimate of drug-likeness (QED) is 0.679. The van der Waals surface area contributed by atoms with E-state index in [9.17, 15) is 4.79 Å². The van der Waals surface area contributed by atoms with E-state index in [-0.39, 0.29) is 5.92 Å². The van der Waals surface area contributed by atoms with Gasteiger partial charge in [-0.2, -0.15) is 0 Å². The summed E-state index contributed by atoms with van der Waals surface area (Å²) >= 11 is 0. The minimum atomic E-state index is -0.831. The van der Waals surface area contributed by atoms with Crippen LogP contribution in [0.3, 0.4) is 0 Å². The molecule has 0 unspecified atom stereocenters. The summed E-state index contributed by atoms with van der Waals surface area (Å²) in [6.45, 7) is 0. The molecule has 0 amide bonds. The van der Waals surface area contributed by atoms with Crippen molar-refractivity contribution < 1.29 is 9.90 Å². The average molecular weight is 183 g/mol. The van der Waals surface area contributed by atoms with Crippen LogP contribution in [0.2, 0.25) is 0 Å². The van der Waals surface area contributed by atoms with Crippen LogP contribution in [-0.2, 0) is 4.79 Å². The van der Waals surface area contributed by atoms with Gasteiger partial charge in [-0.05, 0) is 43.4 Å². The fraction of sp³-hybridized carbons (Fsp3) is 0.900. The Hall–Kier alpha value is -0.570. The summed E-state index contributed by atoms with van der Waals surface area (Å²) in [6.07, 6.45) is 7.14. The van der Waals surface area contributed by atoms with Gasteiger partial charge in [-0.25, -0.2) is 0 Å². The van der Waals surface area contributed by atoms with Crippen molar-refractivity contribution in [3.63, 3.8) is 0 Å². The Balaban J connectivity index is 1.96. The van der Waals surface area contributed by atoms with E-state index in [4.69, 9.17) is 10.8 Å². The molecule has 3 N–H and O–H groups in total. The number of nitrogens with two attached hydrogens (primary N) is 1. The van der Waals surface area contributed by atoms with Gasteiger partial charge in [0.05, 0.1) is 0 Å². The molecule has 2 atom stereocenters. The molecule has 0 heterocycles. The zero-order valence-electron chi connectivity index (χ0n) is 7.83. The second-order valence-electron chi connectivity index (χ2n) is 4.72. The van der Waals surface area contributed by atoms with Crippen LogP contribution >= 0.6 is 0 Å². The van der Waals surface area contributed by atoms with Gasteiger partial charge in [0.15, 0.2) is 0 Å². The third kappa shape index (κ3) is 1.70. The Labute approximate surface area is 78.3 Å². The topological polar surface area (TPSA) is 63.3 Å². The van der Waals surface area contributed by atoms with Gasteiger partial charge >= 0.3 is 5.97 Å². The summed E-state index contributed by atoms with van der Waals surface area (Å²) in [6, 6.07) is -0.627. The highest BCUT2D eigenvalue weighted by atomic mass is 16.4. The first-order valence-electron chi connectivity index (χ1n) is 5.11. The van der Waals surface area contributed by atoms with E-state index in [1.165, 1.54) is 25.7 Å². The number of carboxylic acid groups (broad SMARTS) is 1. The molecule has 1 spiro atoms. The van der Waals surface area contributed by atoms with Crippen molar-refractivity contribution in [1.29, 1.82) is 0 Å². The fourth-order valence-electron chi connectivity index (χ4n) is 2.64. The summed E-state index contributed by atoms with van der Waals surface area (Å²) in [5, 5.41) is 8.80. The molecule has 2 fully saturated rings. The van der Waals surface area contributed by atoms with Crippen molar-refractivity contribution in [3.8, 4) is 0 Å². The molecule has 0 aromatic heterocycles. The molecule has 0 aromatic carbocycles. The number of carboxylic acids is 1. The van der Waals surface area contributed by atoms with Gasteiger partial charge in [-0.15, -0.1) is 0 Å². The third-order valence-corrected chi connectivity index (χ3v) is 3.73. The lowest BCUT2D eigenvalue weighted by atomic mass is 9.76. The van der Waals surface area contributed by atoms with Gasteiger partial charge in [0, 0.05) is 0 Å². The minimum absolute atomic E-state index is 0.230. The molecule has 0 aromatic rings. The van der Waals surface area contributed by atoms with Crippen molar-refractivity contribution in [2.45, 2.75) is 44.6 Å². The van der Waals surface area contributed by atoms with Crippen LogP contribution in [-0.4, -0.2) is 17.1 Å². The largest absolute Gasteiger partial charge is 0.480 e. The average Bonchev–Trinajstić information content (AvgIpc) is 2.83. The highest BCUT2D eigenvalue weighted by molar-refractivity contribution is 5.73. The molecular weight excluding hydrogens is 166 g/mol. The van der Waals surface area contributed by atoms with Crippen molar-refractivity contribution in [1.82, 2.24) is 0 Å². The van der Waals surface area contributed by atoms with E-state index in [0.29, 0.717) is 5.41 Å². The van der Waals surface area contributed by atoms with Crippen LogP contribution in [0.5, 0.6) is 0 Å². The van der Waals surface area contributed by atoms with Crippen LogP contribution in [0.4, 0.5) is 0 Å². The second-order valence-corrected chi connectivity index (χ2v) is 4.72. The first-order valence-corrected chi connectivity index (χ1v) is 5.11. The summed E-state index contributed by atoms with van der Waals surface area (Å²) in [4.78, 5) is 10.7. The zero-order valence-corrected chi connectivity index (χ0v) is 7.83. The van der Waals surface area contributed by atoms with Gasteiger partial charge in [0.2, 0.25) is 0 Å². The lowest BCUT2D eigenvalue weighted by Crippen LogP contribution is -2.40. The van der Waals surface area contributed by atoms with Crippen LogP contribution in [0, 0.1) is 11.3 Å². The smallest absolute Gasteiger partial charge is 0.320 e. The summed E-state index contributed by atoms with van der Waals surface area (Å²) in [7, 11) is 0. The van der Waals surface area contributed by atoms with E-state index < -0.39 is 12.0 Å². The molecular formula is C10H17NO2. The normalized spacial score (nSPS) is 32.8. The van der Waals surface area contributed by atoms with Crippen LogP contribution in [0.1, 0.15) is 38.5 Å². The second kappa shape index (κ2) is 2.98. The monoisotopic (exact) mass is 183 g/mol. The zero-order chi connectivity index (χ0) is 9.47. The van der Waals surface area contributed by atoms with Crippen LogP contribution < -0.4 is 5.73 Å². The predicted molar refractivity (Wildman–Crippen MR) is 49.2 cm³/mol. The molecule has 0 aliphatic heterocycles. The highest BCUT2D eigenvalue weighted by Gasteiger charge is 2.47. The molecule has 3 heteroatoms. The van der Waals surface area contributed by atoms with Crippen LogP contribution in [0.25, 0.3) is 0 Å². The Kier molecular flexibility index (Phi) is 2.06. The molecule has 0 bridgehead atoms. The molecule has 13 heavy (non-hydrogen) atoms. The van der Waals surface area contributed by atoms with Gasteiger partial charge in [0.1, 0.15) is 6.04 Å². The van der Waals surface area contributed by atoms with E-state index in [2.05, 4.69) is 0 Å². The van der Waals surface area contributed by atoms with Gasteiger partial charge in [-0.1, -0.05) is 6.42 Å². The number of aliphatic carboxylic acids is 1. The Morgan fingerprint density at radius 1 is 1.46 bits per heavy atom. The van der Waals surface area contributed by atoms with Crippen molar-refractivity contribution in [2.24, 2.45) is 17.1 Å². The molecule has 3 nitrogen and oxygen atoms in total. The number of hydrogen-bond donors (Lipinski definition) is 2. The highest BCUT2D eigenvalue weighted by Crippen LogP contribution is 2.57. The Morgan fingerprint density at radius 3 is 2.69 bits per heavy atom. The van der Waals surface area contributed by atoms with Crippen LogP contribution in [0.15, 0.2) is 0 Å². The SMILES string of the molecule is N[C@H](C(=O)O)[C@H]1CCCC2(CC2)C1. The number of rotatable bonds is 2. The number of carbonyl (C=O) groups is 1. The maximum atomic E-state index is 10.7. The molecule has 2 aliphatic carbocycles.